The number of anilines is 1. The van der Waals surface area contributed by atoms with Crippen LogP contribution in [-0.2, 0) is 20.9 Å². The summed E-state index contributed by atoms with van der Waals surface area (Å²) in [7, 11) is 1.22. The van der Waals surface area contributed by atoms with Crippen molar-refractivity contribution >= 4 is 46.3 Å². The number of nitrogens with one attached hydrogen (secondary N) is 2. The highest BCUT2D eigenvalue weighted by molar-refractivity contribution is 7.99. The second-order valence-electron chi connectivity index (χ2n) is 6.04. The summed E-state index contributed by atoms with van der Waals surface area (Å²) >= 11 is 0.937. The minimum absolute atomic E-state index is 0.169. The van der Waals surface area contributed by atoms with Crippen molar-refractivity contribution in [1.29, 1.82) is 0 Å². The third-order valence-corrected chi connectivity index (χ3v) is 4.93. The molecule has 0 spiro atoms. The van der Waals surface area contributed by atoms with Gasteiger partial charge in [0.2, 0.25) is 5.91 Å². The first-order chi connectivity index (χ1) is 14.5. The third-order valence-electron chi connectivity index (χ3n) is 3.96. The van der Waals surface area contributed by atoms with Crippen molar-refractivity contribution < 1.29 is 19.1 Å². The van der Waals surface area contributed by atoms with E-state index in [1.807, 2.05) is 0 Å². The number of carbonyl (C=O) groups is 3. The fourth-order valence-electron chi connectivity index (χ4n) is 2.57. The molecule has 0 bridgehead atoms. The Morgan fingerprint density at radius 2 is 1.77 bits per heavy atom. The molecule has 3 amide bonds. The lowest BCUT2D eigenvalue weighted by molar-refractivity contribution is -0.141. The molecule has 154 valence electrons. The molecule has 0 atom stereocenters. The highest BCUT2D eigenvalue weighted by Crippen LogP contribution is 2.17. The van der Waals surface area contributed by atoms with E-state index in [4.69, 9.17) is 0 Å². The number of carbonyl (C=O) groups excluding carboxylic acids is 3. The molecule has 0 saturated heterocycles. The molecule has 2 N–H and O–H groups in total. The van der Waals surface area contributed by atoms with E-state index in [0.29, 0.717) is 16.6 Å². The number of aromatic nitrogens is 2. The number of nitrogens with zero attached hydrogens (tertiary/aromatic N) is 2. The first-order valence-corrected chi connectivity index (χ1v) is 9.81. The Bertz CT molecular complexity index is 1150. The van der Waals surface area contributed by atoms with Crippen molar-refractivity contribution in [3.8, 4) is 0 Å². The first kappa shape index (κ1) is 21.1. The van der Waals surface area contributed by atoms with Gasteiger partial charge in [0.1, 0.15) is 6.54 Å². The van der Waals surface area contributed by atoms with Gasteiger partial charge in [-0.15, -0.1) is 0 Å². The summed E-state index contributed by atoms with van der Waals surface area (Å²) in [5.41, 5.74) is 0.558. The van der Waals surface area contributed by atoms with Crippen LogP contribution < -0.4 is 16.2 Å². The van der Waals surface area contributed by atoms with Crippen LogP contribution in [0.2, 0.25) is 0 Å². The molecule has 0 aliphatic carbocycles. The molecule has 10 heteroatoms. The average molecular weight is 426 g/mol. The van der Waals surface area contributed by atoms with Crippen LogP contribution in [0.25, 0.3) is 10.9 Å². The highest BCUT2D eigenvalue weighted by Gasteiger charge is 2.16. The standard InChI is InChI=1S/C20H18N4O5S/c1-29-17(26)11-24-18(27)14-9-5-6-10-15(14)22-20(24)30-12-16(25)23-19(28)21-13-7-3-2-4-8-13/h2-10H,11-12H2,1H3,(H2,21,23,25,28). The lowest BCUT2D eigenvalue weighted by Crippen LogP contribution is -2.35. The van der Waals surface area contributed by atoms with Gasteiger partial charge in [0.15, 0.2) is 5.16 Å². The smallest absolute Gasteiger partial charge is 0.325 e. The predicted octanol–water partition coefficient (Wildman–Crippen LogP) is 2.01. The van der Waals surface area contributed by atoms with Gasteiger partial charge in [-0.25, -0.2) is 9.78 Å². The fourth-order valence-corrected chi connectivity index (χ4v) is 3.37. The molecule has 3 rings (SSSR count). The third kappa shape index (κ3) is 5.23. The maximum atomic E-state index is 12.8. The Labute approximate surface area is 175 Å². The molecular weight excluding hydrogens is 408 g/mol. The summed E-state index contributed by atoms with van der Waals surface area (Å²) in [6.07, 6.45) is 0. The summed E-state index contributed by atoms with van der Waals surface area (Å²) in [4.78, 5) is 53.0. The van der Waals surface area contributed by atoms with E-state index in [2.05, 4.69) is 20.4 Å². The van der Waals surface area contributed by atoms with Crippen LogP contribution in [0.5, 0.6) is 0 Å². The van der Waals surface area contributed by atoms with Crippen LogP contribution in [0.4, 0.5) is 10.5 Å². The predicted molar refractivity (Wildman–Crippen MR) is 112 cm³/mol. The number of imide groups is 1. The van der Waals surface area contributed by atoms with Gasteiger partial charge in [0.25, 0.3) is 5.56 Å². The number of fused-ring (bicyclic) bond motifs is 1. The van der Waals surface area contributed by atoms with Crippen LogP contribution in [0, 0.1) is 0 Å². The molecule has 0 aliphatic rings. The molecule has 3 aromatic rings. The molecule has 1 aromatic heterocycles. The number of hydrogen-bond acceptors (Lipinski definition) is 7. The van der Waals surface area contributed by atoms with E-state index < -0.39 is 23.5 Å². The molecule has 30 heavy (non-hydrogen) atoms. The Kier molecular flexibility index (Phi) is 6.81. The molecule has 0 saturated carbocycles. The molecule has 0 radical (unpaired) electrons. The number of esters is 1. The fraction of sp³-hybridized carbons (Fsp3) is 0.150. The number of rotatable bonds is 6. The van der Waals surface area contributed by atoms with E-state index in [9.17, 15) is 19.2 Å². The van der Waals surface area contributed by atoms with Crippen molar-refractivity contribution in [1.82, 2.24) is 14.9 Å². The number of urea groups is 1. The molecule has 0 aliphatic heterocycles. The Balaban J connectivity index is 1.73. The molecular formula is C20H18N4O5S. The number of hydrogen-bond donors (Lipinski definition) is 2. The van der Waals surface area contributed by atoms with E-state index in [0.717, 1.165) is 16.3 Å². The summed E-state index contributed by atoms with van der Waals surface area (Å²) in [6.45, 7) is -0.342. The zero-order chi connectivity index (χ0) is 21.5. The summed E-state index contributed by atoms with van der Waals surface area (Å²) < 4.78 is 5.79. The minimum Gasteiger partial charge on any atom is -0.468 e. The van der Waals surface area contributed by atoms with Gasteiger partial charge in [-0.1, -0.05) is 42.1 Å². The number of para-hydroxylation sites is 2. The van der Waals surface area contributed by atoms with Gasteiger partial charge in [-0.05, 0) is 24.3 Å². The van der Waals surface area contributed by atoms with Crippen molar-refractivity contribution in [2.24, 2.45) is 0 Å². The lowest BCUT2D eigenvalue weighted by atomic mass is 10.2. The molecule has 2 aromatic carbocycles. The van der Waals surface area contributed by atoms with Crippen LogP contribution in [-0.4, -0.2) is 40.3 Å². The van der Waals surface area contributed by atoms with Crippen molar-refractivity contribution in [3.05, 3.63) is 65.0 Å². The maximum absolute atomic E-state index is 12.8. The first-order valence-electron chi connectivity index (χ1n) is 8.83. The number of thioether (sulfide) groups is 1. The number of ether oxygens (including phenoxy) is 1. The van der Waals surface area contributed by atoms with Gasteiger partial charge >= 0.3 is 12.0 Å². The number of amides is 3. The van der Waals surface area contributed by atoms with Crippen molar-refractivity contribution in [2.45, 2.75) is 11.7 Å². The van der Waals surface area contributed by atoms with Gasteiger partial charge in [0, 0.05) is 5.69 Å². The van der Waals surface area contributed by atoms with Crippen LogP contribution in [0.3, 0.4) is 0 Å². The van der Waals surface area contributed by atoms with Crippen LogP contribution in [0.15, 0.2) is 64.5 Å². The van der Waals surface area contributed by atoms with Crippen LogP contribution >= 0.6 is 11.8 Å². The van der Waals surface area contributed by atoms with Crippen molar-refractivity contribution in [2.75, 3.05) is 18.2 Å². The Hall–Kier alpha value is -3.66. The highest BCUT2D eigenvalue weighted by atomic mass is 32.2. The normalized spacial score (nSPS) is 10.4. The average Bonchev–Trinajstić information content (AvgIpc) is 2.75. The summed E-state index contributed by atoms with van der Waals surface area (Å²) in [6, 6.07) is 14.7. The van der Waals surface area contributed by atoms with Gasteiger partial charge in [-0.3, -0.25) is 24.3 Å². The second kappa shape index (κ2) is 9.70. The van der Waals surface area contributed by atoms with Gasteiger partial charge in [-0.2, -0.15) is 0 Å². The minimum atomic E-state index is -0.676. The SMILES string of the molecule is COC(=O)Cn1c(SCC(=O)NC(=O)Nc2ccccc2)nc2ccccc2c1=O. The summed E-state index contributed by atoms with van der Waals surface area (Å²) in [5, 5.41) is 5.26. The monoisotopic (exact) mass is 426 g/mol. The van der Waals surface area contributed by atoms with Crippen LogP contribution in [0.1, 0.15) is 0 Å². The molecule has 9 nitrogen and oxygen atoms in total. The van der Waals surface area contributed by atoms with Gasteiger partial charge in [0.05, 0.1) is 23.8 Å². The molecule has 0 unspecified atom stereocenters. The van der Waals surface area contributed by atoms with E-state index in [1.165, 1.54) is 7.11 Å². The summed E-state index contributed by atoms with van der Waals surface area (Å²) in [5.74, 6) is -1.39. The topological polar surface area (TPSA) is 119 Å². The zero-order valence-electron chi connectivity index (χ0n) is 16.0. The second-order valence-corrected chi connectivity index (χ2v) is 6.98. The number of methoxy groups -OCH3 is 1. The Morgan fingerprint density at radius 3 is 2.50 bits per heavy atom. The zero-order valence-corrected chi connectivity index (χ0v) is 16.8. The Morgan fingerprint density at radius 1 is 1.07 bits per heavy atom. The number of benzene rings is 2. The van der Waals surface area contributed by atoms with Gasteiger partial charge < -0.3 is 10.1 Å². The quantitative estimate of drug-likeness (QED) is 0.351. The maximum Gasteiger partial charge on any atom is 0.325 e. The van der Waals surface area contributed by atoms with E-state index in [1.54, 1.807) is 54.6 Å². The van der Waals surface area contributed by atoms with E-state index in [-0.39, 0.29) is 17.5 Å². The van der Waals surface area contributed by atoms with Crippen molar-refractivity contribution in [3.63, 3.8) is 0 Å². The molecule has 0 fully saturated rings. The van der Waals surface area contributed by atoms with E-state index >= 15 is 0 Å². The lowest BCUT2D eigenvalue weighted by Gasteiger charge is -2.12. The molecule has 1 heterocycles. The largest absolute Gasteiger partial charge is 0.468 e.